The summed E-state index contributed by atoms with van der Waals surface area (Å²) >= 11 is -2.61. The number of hydrogen-bond acceptors (Lipinski definition) is 9. The molecule has 0 saturated heterocycles. The SMILES string of the molecule is CC(=O)O.CC(=O)O.CC(=O)O.CC(=O)O.N.N.NCCN.O=S(O)O. The quantitative estimate of drug-likeness (QED) is 0.235. The van der Waals surface area contributed by atoms with Crippen molar-refractivity contribution in [1.29, 1.82) is 0 Å². The van der Waals surface area contributed by atoms with E-state index >= 15 is 0 Å². The minimum Gasteiger partial charge on any atom is -0.481 e. The summed E-state index contributed by atoms with van der Waals surface area (Å²) in [7, 11) is 0. The second-order valence-corrected chi connectivity index (χ2v) is 3.35. The second-order valence-electron chi connectivity index (χ2n) is 2.88. The van der Waals surface area contributed by atoms with Gasteiger partial charge in [-0.25, -0.2) is 0 Å². The van der Waals surface area contributed by atoms with Crippen LogP contribution in [0.25, 0.3) is 0 Å². The van der Waals surface area contributed by atoms with Gasteiger partial charge in [0.25, 0.3) is 35.2 Å². The van der Waals surface area contributed by atoms with Crippen molar-refractivity contribution < 1.29 is 52.9 Å². The standard InChI is InChI=1S/C2H8N2.4C2H4O2.2H3N.H2O3S/c3-1-2-4;4*1-2(3)4;;;1-4(2)3/h1-4H2;4*1H3,(H,3,4);2*1H3;(H2,1,2,3). The molecular weight excluding hydrogens is 384 g/mol. The topological polar surface area (TPSA) is 329 Å². The Bertz CT molecular complexity index is 251. The van der Waals surface area contributed by atoms with Gasteiger partial charge in [-0.2, -0.15) is 4.21 Å². The van der Waals surface area contributed by atoms with Crippen molar-refractivity contribution >= 4 is 35.2 Å². The minimum atomic E-state index is -2.61. The van der Waals surface area contributed by atoms with Crippen molar-refractivity contribution in [2.45, 2.75) is 27.7 Å². The molecule has 0 unspecified atom stereocenters. The fourth-order valence-corrected chi connectivity index (χ4v) is 0. The number of hydrogen-bond donors (Lipinski definition) is 10. The molecule has 0 aliphatic heterocycles. The molecule has 0 saturated carbocycles. The summed E-state index contributed by atoms with van der Waals surface area (Å²) in [6.07, 6.45) is 0. The van der Waals surface area contributed by atoms with E-state index in [1.54, 1.807) is 0 Å². The number of nitrogens with two attached hydrogens (primary N) is 2. The molecule has 164 valence electrons. The highest BCUT2D eigenvalue weighted by atomic mass is 32.2. The number of carboxylic acid groups (broad SMARTS) is 4. The predicted octanol–water partition coefficient (Wildman–Crippen LogP) is -0.727. The van der Waals surface area contributed by atoms with Gasteiger partial charge in [0.1, 0.15) is 0 Å². The van der Waals surface area contributed by atoms with E-state index in [9.17, 15) is 0 Å². The number of carboxylic acids is 4. The van der Waals surface area contributed by atoms with Crippen LogP contribution < -0.4 is 23.8 Å². The largest absolute Gasteiger partial charge is 0.481 e. The lowest BCUT2D eigenvalue weighted by Crippen LogP contribution is -2.11. The average molecular weight is 416 g/mol. The first kappa shape index (κ1) is 49.6. The van der Waals surface area contributed by atoms with Gasteiger partial charge in [0, 0.05) is 40.8 Å². The predicted molar refractivity (Wildman–Crippen MR) is 94.8 cm³/mol. The molecule has 15 nitrogen and oxygen atoms in total. The smallest absolute Gasteiger partial charge is 0.300 e. The zero-order chi connectivity index (χ0) is 21.3. The van der Waals surface area contributed by atoms with Gasteiger partial charge in [0.15, 0.2) is 0 Å². The molecule has 0 rings (SSSR count). The van der Waals surface area contributed by atoms with E-state index in [4.69, 9.17) is 64.4 Å². The van der Waals surface area contributed by atoms with E-state index < -0.39 is 35.2 Å². The van der Waals surface area contributed by atoms with Gasteiger partial charge >= 0.3 is 0 Å². The lowest BCUT2D eigenvalue weighted by molar-refractivity contribution is -0.135. The van der Waals surface area contributed by atoms with E-state index in [-0.39, 0.29) is 12.3 Å². The third kappa shape index (κ3) is 6430. The summed E-state index contributed by atoms with van der Waals surface area (Å²) in [5, 5.41) is 29.7. The van der Waals surface area contributed by atoms with Gasteiger partial charge in [-0.3, -0.25) is 28.3 Å². The Morgan fingerprint density at radius 2 is 0.692 bits per heavy atom. The lowest BCUT2D eigenvalue weighted by atomic mass is 10.7. The van der Waals surface area contributed by atoms with Crippen molar-refractivity contribution in [2.24, 2.45) is 11.5 Å². The Labute approximate surface area is 153 Å². The normalized spacial score (nSPS) is 6.35. The summed E-state index contributed by atoms with van der Waals surface area (Å²) in [5.74, 6) is -3.33. The molecule has 0 atom stereocenters. The molecule has 0 bridgehead atoms. The van der Waals surface area contributed by atoms with Crippen LogP contribution in [0, 0.1) is 0 Å². The Morgan fingerprint density at radius 3 is 0.692 bits per heavy atom. The molecule has 0 heterocycles. The maximum Gasteiger partial charge on any atom is 0.300 e. The molecule has 16 N–H and O–H groups in total. The van der Waals surface area contributed by atoms with Crippen LogP contribution in [0.5, 0.6) is 0 Å². The summed E-state index contributed by atoms with van der Waals surface area (Å²) in [6.45, 7) is 5.53. The van der Waals surface area contributed by atoms with E-state index in [2.05, 4.69) is 0 Å². The van der Waals surface area contributed by atoms with Gasteiger partial charge in [0.2, 0.25) is 0 Å². The number of aliphatic carboxylic acids is 4. The van der Waals surface area contributed by atoms with Crippen molar-refractivity contribution in [3.05, 3.63) is 0 Å². The molecule has 0 aliphatic carbocycles. The fourth-order valence-electron chi connectivity index (χ4n) is 0. The van der Waals surface area contributed by atoms with Crippen molar-refractivity contribution in [1.82, 2.24) is 12.3 Å². The Balaban J connectivity index is -0.0000000245. The number of carbonyl (C=O) groups is 4. The third-order valence-corrected chi connectivity index (χ3v) is 0.167. The van der Waals surface area contributed by atoms with Crippen LogP contribution in [0.4, 0.5) is 0 Å². The van der Waals surface area contributed by atoms with Crippen LogP contribution >= 0.6 is 0 Å². The maximum absolute atomic E-state index is 9.00. The van der Waals surface area contributed by atoms with E-state index in [0.717, 1.165) is 27.7 Å². The lowest BCUT2D eigenvalue weighted by Gasteiger charge is -1.72. The molecule has 26 heavy (non-hydrogen) atoms. The molecule has 0 aliphatic rings. The molecule has 0 amide bonds. The Morgan fingerprint density at radius 1 is 0.654 bits per heavy atom. The fraction of sp³-hybridized carbons (Fsp3) is 0.600. The van der Waals surface area contributed by atoms with Crippen LogP contribution in [0.3, 0.4) is 0 Å². The van der Waals surface area contributed by atoms with Gasteiger partial charge < -0.3 is 44.2 Å². The highest BCUT2D eigenvalue weighted by molar-refractivity contribution is 7.73. The molecule has 0 spiro atoms. The minimum absolute atomic E-state index is 0. The van der Waals surface area contributed by atoms with Gasteiger partial charge in [-0.05, 0) is 0 Å². The Hall–Kier alpha value is -2.21. The first-order valence-corrected chi connectivity index (χ1v) is 6.62. The molecule has 0 fully saturated rings. The first-order valence-electron chi connectivity index (χ1n) is 5.56. The van der Waals surface area contributed by atoms with Crippen LogP contribution in [0.15, 0.2) is 0 Å². The highest BCUT2D eigenvalue weighted by Crippen LogP contribution is 1.44. The van der Waals surface area contributed by atoms with Gasteiger partial charge in [-0.1, -0.05) is 0 Å². The van der Waals surface area contributed by atoms with E-state index in [0.29, 0.717) is 13.1 Å². The number of rotatable bonds is 1. The maximum atomic E-state index is 9.00. The van der Waals surface area contributed by atoms with Crippen LogP contribution in [0.2, 0.25) is 0 Å². The van der Waals surface area contributed by atoms with E-state index in [1.807, 2.05) is 0 Å². The summed E-state index contributed by atoms with van der Waals surface area (Å²) in [5.41, 5.74) is 9.81. The molecule has 0 radical (unpaired) electrons. The van der Waals surface area contributed by atoms with Crippen molar-refractivity contribution in [3.63, 3.8) is 0 Å². The first-order chi connectivity index (χ1) is 10.6. The van der Waals surface area contributed by atoms with Crippen LogP contribution in [-0.4, -0.2) is 70.7 Å². The molecule has 0 aromatic carbocycles. The average Bonchev–Trinajstić information content (AvgIpc) is 2.24. The van der Waals surface area contributed by atoms with Crippen LogP contribution in [0.1, 0.15) is 27.7 Å². The molecule has 16 heteroatoms. The molecular formula is C10H32N4O11S. The summed E-state index contributed by atoms with van der Waals surface area (Å²) in [6, 6.07) is 0. The highest BCUT2D eigenvalue weighted by Gasteiger charge is 1.66. The van der Waals surface area contributed by atoms with E-state index in [1.165, 1.54) is 0 Å². The monoisotopic (exact) mass is 416 g/mol. The van der Waals surface area contributed by atoms with Crippen molar-refractivity contribution in [2.75, 3.05) is 13.1 Å². The zero-order valence-electron chi connectivity index (χ0n) is 15.1. The van der Waals surface area contributed by atoms with Crippen LogP contribution in [-0.2, 0) is 30.5 Å². The van der Waals surface area contributed by atoms with Crippen molar-refractivity contribution in [3.8, 4) is 0 Å². The summed E-state index contributed by atoms with van der Waals surface area (Å²) in [4.78, 5) is 36.0. The third-order valence-electron chi connectivity index (χ3n) is 0.167. The molecule has 0 aromatic rings. The molecule has 0 aromatic heterocycles. The zero-order valence-corrected chi connectivity index (χ0v) is 15.9. The second kappa shape index (κ2) is 49.5. The summed E-state index contributed by atoms with van der Waals surface area (Å²) < 4.78 is 22.8. The van der Waals surface area contributed by atoms with Gasteiger partial charge in [-0.15, -0.1) is 0 Å². The van der Waals surface area contributed by atoms with Gasteiger partial charge in [0.05, 0.1) is 0 Å². The Kier molecular flexibility index (Phi) is 94.3.